The Kier molecular flexibility index (Phi) is 52.2. The third-order valence-corrected chi connectivity index (χ3v) is 16.4. The van der Waals surface area contributed by atoms with E-state index in [2.05, 4.69) is 48.5 Å². The monoisotopic (exact) mass is 1200 g/mol. The highest BCUT2D eigenvalue weighted by molar-refractivity contribution is 7.47. The van der Waals surface area contributed by atoms with Crippen molar-refractivity contribution in [3.63, 3.8) is 0 Å². The topological polar surface area (TPSA) is 237 Å². The Bertz CT molecular complexity index is 1620. The summed E-state index contributed by atoms with van der Waals surface area (Å²) >= 11 is 0. The summed E-state index contributed by atoms with van der Waals surface area (Å²) in [6.45, 7) is 11.6. The molecule has 3 N–H and O–H groups in total. The van der Waals surface area contributed by atoms with E-state index < -0.39 is 97.5 Å². The van der Waals surface area contributed by atoms with E-state index in [-0.39, 0.29) is 25.7 Å². The molecule has 0 amide bonds. The van der Waals surface area contributed by atoms with E-state index in [1.165, 1.54) is 96.3 Å². The van der Waals surface area contributed by atoms with Gasteiger partial charge in [-0.1, -0.05) is 248 Å². The second-order valence-electron chi connectivity index (χ2n) is 23.6. The summed E-state index contributed by atoms with van der Waals surface area (Å²) in [6.07, 6.45) is 33.7. The van der Waals surface area contributed by atoms with Gasteiger partial charge in [0.05, 0.1) is 26.4 Å². The molecule has 3 unspecified atom stereocenters. The summed E-state index contributed by atoms with van der Waals surface area (Å²) in [7, 11) is -9.88. The third kappa shape index (κ3) is 55.7. The molecule has 0 aromatic carbocycles. The van der Waals surface area contributed by atoms with Crippen LogP contribution >= 0.6 is 15.6 Å². The van der Waals surface area contributed by atoms with Crippen LogP contribution in [-0.4, -0.2) is 96.7 Å². The number of aliphatic hydroxyl groups is 1. The number of rotatable bonds is 60. The van der Waals surface area contributed by atoms with Crippen LogP contribution < -0.4 is 0 Å². The predicted molar refractivity (Wildman–Crippen MR) is 321 cm³/mol. The summed E-state index contributed by atoms with van der Waals surface area (Å²) in [5.41, 5.74) is 0. The van der Waals surface area contributed by atoms with Crippen molar-refractivity contribution < 1.29 is 80.2 Å². The first-order chi connectivity index (χ1) is 38.8. The van der Waals surface area contributed by atoms with Crippen LogP contribution in [0.15, 0.2) is 0 Å². The zero-order valence-electron chi connectivity index (χ0n) is 52.2. The molecule has 0 heterocycles. The van der Waals surface area contributed by atoms with Crippen molar-refractivity contribution in [2.24, 2.45) is 17.8 Å². The molecule has 0 bridgehead atoms. The molecular formula is C62H120O17P2. The van der Waals surface area contributed by atoms with Gasteiger partial charge in [-0.3, -0.25) is 37.3 Å². The smallest absolute Gasteiger partial charge is 0.462 e. The maximum absolute atomic E-state index is 13.0. The summed E-state index contributed by atoms with van der Waals surface area (Å²) < 4.78 is 67.8. The fourth-order valence-electron chi connectivity index (χ4n) is 9.09. The first-order valence-electron chi connectivity index (χ1n) is 32.4. The van der Waals surface area contributed by atoms with Crippen molar-refractivity contribution in [1.82, 2.24) is 0 Å². The third-order valence-electron chi connectivity index (χ3n) is 14.5. The molecule has 0 spiro atoms. The van der Waals surface area contributed by atoms with Crippen molar-refractivity contribution in [3.05, 3.63) is 0 Å². The zero-order valence-corrected chi connectivity index (χ0v) is 54.0. The Labute approximate surface area is 492 Å². The molecule has 480 valence electrons. The quantitative estimate of drug-likeness (QED) is 0.0222. The van der Waals surface area contributed by atoms with Crippen LogP contribution in [0, 0.1) is 17.8 Å². The van der Waals surface area contributed by atoms with Gasteiger partial charge in [-0.15, -0.1) is 0 Å². The van der Waals surface area contributed by atoms with E-state index in [1.54, 1.807) is 0 Å². The molecule has 0 aromatic rings. The molecule has 0 saturated heterocycles. The number of hydrogen-bond acceptors (Lipinski definition) is 15. The number of unbranched alkanes of at least 4 members (excludes halogenated alkanes) is 27. The van der Waals surface area contributed by atoms with Crippen LogP contribution in [0.5, 0.6) is 0 Å². The molecule has 0 radical (unpaired) electrons. The normalized spacial score (nSPS) is 14.8. The average molecular weight is 1200 g/mol. The molecule has 0 aliphatic rings. The number of carbonyl (C=O) groups is 4. The highest BCUT2D eigenvalue weighted by Gasteiger charge is 2.30. The van der Waals surface area contributed by atoms with Gasteiger partial charge < -0.3 is 33.8 Å². The van der Waals surface area contributed by atoms with Gasteiger partial charge in [0.25, 0.3) is 0 Å². The Balaban J connectivity index is 5.22. The summed E-state index contributed by atoms with van der Waals surface area (Å²) in [5, 5.41) is 10.5. The zero-order chi connectivity index (χ0) is 60.3. The predicted octanol–water partition coefficient (Wildman–Crippen LogP) is 16.7. The maximum atomic E-state index is 13.0. The lowest BCUT2D eigenvalue weighted by atomic mass is 9.99. The van der Waals surface area contributed by atoms with Crippen molar-refractivity contribution in [2.75, 3.05) is 39.6 Å². The summed E-state index contributed by atoms with van der Waals surface area (Å²) in [5.74, 6) is 0.0520. The molecule has 6 atom stereocenters. The Morgan fingerprint density at radius 1 is 0.358 bits per heavy atom. The van der Waals surface area contributed by atoms with E-state index in [9.17, 15) is 43.2 Å². The van der Waals surface area contributed by atoms with Gasteiger partial charge in [-0.2, -0.15) is 0 Å². The van der Waals surface area contributed by atoms with Crippen molar-refractivity contribution in [1.29, 1.82) is 0 Å². The van der Waals surface area contributed by atoms with Crippen LogP contribution in [0.3, 0.4) is 0 Å². The van der Waals surface area contributed by atoms with Crippen LogP contribution in [0.4, 0.5) is 0 Å². The summed E-state index contributed by atoms with van der Waals surface area (Å²) in [6, 6.07) is 0. The van der Waals surface area contributed by atoms with Crippen molar-refractivity contribution in [2.45, 2.75) is 317 Å². The van der Waals surface area contributed by atoms with Gasteiger partial charge in [-0.05, 0) is 43.4 Å². The van der Waals surface area contributed by atoms with Gasteiger partial charge in [0.2, 0.25) is 0 Å². The number of phosphoric ester groups is 2. The molecule has 0 fully saturated rings. The van der Waals surface area contributed by atoms with Gasteiger partial charge in [-0.25, -0.2) is 9.13 Å². The van der Waals surface area contributed by atoms with E-state index in [1.807, 2.05) is 0 Å². The average Bonchev–Trinajstić information content (AvgIpc) is 3.42. The van der Waals surface area contributed by atoms with Gasteiger partial charge in [0.15, 0.2) is 12.2 Å². The van der Waals surface area contributed by atoms with Crippen molar-refractivity contribution >= 4 is 39.5 Å². The fourth-order valence-corrected chi connectivity index (χ4v) is 10.7. The minimum Gasteiger partial charge on any atom is -0.462 e. The fraction of sp³-hybridized carbons (Fsp3) is 0.935. The maximum Gasteiger partial charge on any atom is 0.472 e. The highest BCUT2D eigenvalue weighted by Crippen LogP contribution is 2.45. The first-order valence-corrected chi connectivity index (χ1v) is 35.4. The minimum atomic E-state index is -4.94. The second-order valence-corrected chi connectivity index (χ2v) is 26.5. The Morgan fingerprint density at radius 2 is 0.630 bits per heavy atom. The molecule has 0 aliphatic carbocycles. The van der Waals surface area contributed by atoms with Crippen molar-refractivity contribution in [3.8, 4) is 0 Å². The number of ether oxygens (including phenoxy) is 4. The molecule has 0 saturated carbocycles. The van der Waals surface area contributed by atoms with E-state index in [4.69, 9.17) is 37.0 Å². The molecule has 17 nitrogen and oxygen atoms in total. The second kappa shape index (κ2) is 53.5. The van der Waals surface area contributed by atoms with Crippen LogP contribution in [0.25, 0.3) is 0 Å². The Hall–Kier alpha value is -1.94. The molecule has 81 heavy (non-hydrogen) atoms. The van der Waals surface area contributed by atoms with Gasteiger partial charge in [0.1, 0.15) is 19.3 Å². The lowest BCUT2D eigenvalue weighted by Crippen LogP contribution is -2.30. The molecule has 0 aliphatic heterocycles. The Morgan fingerprint density at radius 3 is 0.938 bits per heavy atom. The number of phosphoric acid groups is 2. The number of aliphatic hydroxyl groups excluding tert-OH is 1. The van der Waals surface area contributed by atoms with Gasteiger partial charge >= 0.3 is 39.5 Å². The van der Waals surface area contributed by atoms with Crippen LogP contribution in [-0.2, 0) is 65.4 Å². The van der Waals surface area contributed by atoms with Crippen LogP contribution in [0.1, 0.15) is 299 Å². The largest absolute Gasteiger partial charge is 0.472 e. The molecule has 19 heteroatoms. The lowest BCUT2D eigenvalue weighted by molar-refractivity contribution is -0.161. The van der Waals surface area contributed by atoms with Gasteiger partial charge in [0, 0.05) is 25.7 Å². The minimum absolute atomic E-state index is 0.101. The summed E-state index contributed by atoms with van der Waals surface area (Å²) in [4.78, 5) is 72.0. The molecule has 0 rings (SSSR count). The highest BCUT2D eigenvalue weighted by atomic mass is 31.2. The SMILES string of the molecule is CCCCCCCCCC(=O)OC[C@H](COP(=O)(O)OC[C@H](O)COP(=O)(O)OC[C@@H](COC(=O)CCCCCCCCCCC(C)C)OC(=O)CCCCCCCCCCCCC(C)CC)OC(=O)CCCCCCCCC(C)C. The first kappa shape index (κ1) is 79.1. The van der Waals surface area contributed by atoms with E-state index >= 15 is 0 Å². The number of carbonyl (C=O) groups excluding carboxylic acids is 4. The lowest BCUT2D eigenvalue weighted by Gasteiger charge is -2.21. The van der Waals surface area contributed by atoms with E-state index in [0.29, 0.717) is 31.6 Å². The standard InChI is InChI=1S/C62H120O17P2/c1-8-10-11-12-19-29-36-43-59(64)72-49-58(79-62(67)46-39-32-25-24-27-34-41-54(5)6)52-77-81(70,71)75-48-56(63)47-74-80(68,69)76-51-57(50-73-60(65)44-37-30-22-18-17-20-26-33-40-53(3)4)78-61(66)45-38-31-23-16-14-13-15-21-28-35-42-55(7)9-2/h53-58,63H,8-52H2,1-7H3,(H,68,69)(H,70,71)/t55?,56-,57-,58-/m1/s1. The number of hydrogen-bond donors (Lipinski definition) is 3. The molecular weight excluding hydrogens is 1080 g/mol. The van der Waals surface area contributed by atoms with E-state index in [0.717, 1.165) is 115 Å². The van der Waals surface area contributed by atoms with Crippen LogP contribution in [0.2, 0.25) is 0 Å². The number of esters is 4. The molecule has 0 aromatic heterocycles.